The number of methoxy groups -OCH3 is 2. The Morgan fingerprint density at radius 2 is 1.85 bits per heavy atom. The highest BCUT2D eigenvalue weighted by Gasteiger charge is 2.24. The molecule has 0 N–H and O–H groups in total. The van der Waals surface area contributed by atoms with Gasteiger partial charge in [-0.3, -0.25) is 9.88 Å². The molecule has 5 nitrogen and oxygen atoms in total. The molecule has 0 bridgehead atoms. The zero-order valence-electron chi connectivity index (χ0n) is 15.9. The van der Waals surface area contributed by atoms with Crippen LogP contribution in [0.3, 0.4) is 0 Å². The van der Waals surface area contributed by atoms with Gasteiger partial charge >= 0.3 is 0 Å². The van der Waals surface area contributed by atoms with Gasteiger partial charge in [-0.05, 0) is 41.7 Å². The predicted molar refractivity (Wildman–Crippen MR) is 106 cm³/mol. The van der Waals surface area contributed by atoms with E-state index in [9.17, 15) is 0 Å². The number of benzene rings is 1. The van der Waals surface area contributed by atoms with E-state index in [-0.39, 0.29) is 0 Å². The van der Waals surface area contributed by atoms with Gasteiger partial charge in [0.25, 0.3) is 0 Å². The SMILES string of the molecule is COc1ccc2c(c1)CC(CCN1CC=CC1)=C2Cc1nccnc1OC. The van der Waals surface area contributed by atoms with Crippen LogP contribution < -0.4 is 9.47 Å². The molecule has 0 saturated heterocycles. The molecule has 0 spiro atoms. The van der Waals surface area contributed by atoms with Gasteiger partial charge in [0, 0.05) is 38.4 Å². The largest absolute Gasteiger partial charge is 0.497 e. The van der Waals surface area contributed by atoms with Crippen LogP contribution in [0.5, 0.6) is 11.6 Å². The average molecular weight is 363 g/mol. The Bertz CT molecular complexity index is 881. The van der Waals surface area contributed by atoms with Crippen LogP contribution in [0.15, 0.2) is 48.3 Å². The molecule has 27 heavy (non-hydrogen) atoms. The summed E-state index contributed by atoms with van der Waals surface area (Å²) < 4.78 is 10.9. The van der Waals surface area contributed by atoms with Crippen LogP contribution in [0.25, 0.3) is 5.57 Å². The summed E-state index contributed by atoms with van der Waals surface area (Å²) in [5, 5.41) is 0. The molecule has 1 aliphatic heterocycles. The summed E-state index contributed by atoms with van der Waals surface area (Å²) in [7, 11) is 3.37. The molecule has 4 rings (SSSR count). The van der Waals surface area contributed by atoms with Gasteiger partial charge in [-0.1, -0.05) is 23.8 Å². The van der Waals surface area contributed by atoms with E-state index in [1.807, 2.05) is 6.07 Å². The third-order valence-corrected chi connectivity index (χ3v) is 5.37. The lowest BCUT2D eigenvalue weighted by Gasteiger charge is -2.16. The molecule has 0 atom stereocenters. The number of aromatic nitrogens is 2. The van der Waals surface area contributed by atoms with E-state index in [4.69, 9.17) is 9.47 Å². The molecule has 0 fully saturated rings. The lowest BCUT2D eigenvalue weighted by molar-refractivity contribution is 0.356. The summed E-state index contributed by atoms with van der Waals surface area (Å²) in [6, 6.07) is 6.38. The minimum atomic E-state index is 0.607. The minimum Gasteiger partial charge on any atom is -0.497 e. The van der Waals surface area contributed by atoms with Crippen LogP contribution >= 0.6 is 0 Å². The van der Waals surface area contributed by atoms with Crippen LogP contribution in [0.2, 0.25) is 0 Å². The molecule has 1 aromatic heterocycles. The molecule has 2 aromatic rings. The van der Waals surface area contributed by atoms with Crippen molar-refractivity contribution in [1.29, 1.82) is 0 Å². The van der Waals surface area contributed by atoms with Gasteiger partial charge in [-0.2, -0.15) is 0 Å². The highest BCUT2D eigenvalue weighted by Crippen LogP contribution is 2.39. The van der Waals surface area contributed by atoms with E-state index < -0.39 is 0 Å². The Balaban J connectivity index is 1.63. The molecule has 0 radical (unpaired) electrons. The van der Waals surface area contributed by atoms with Crippen LogP contribution in [0, 0.1) is 0 Å². The van der Waals surface area contributed by atoms with Crippen LogP contribution in [-0.2, 0) is 12.8 Å². The summed E-state index contributed by atoms with van der Waals surface area (Å²) in [6.07, 6.45) is 10.7. The first-order chi connectivity index (χ1) is 13.3. The van der Waals surface area contributed by atoms with Crippen LogP contribution in [-0.4, -0.2) is 48.7 Å². The highest BCUT2D eigenvalue weighted by molar-refractivity contribution is 5.78. The molecule has 0 saturated carbocycles. The maximum atomic E-state index is 5.43. The van der Waals surface area contributed by atoms with Gasteiger partial charge in [0.2, 0.25) is 5.88 Å². The Labute approximate surface area is 160 Å². The van der Waals surface area contributed by atoms with Crippen molar-refractivity contribution >= 4 is 5.57 Å². The van der Waals surface area contributed by atoms with Crippen molar-refractivity contribution < 1.29 is 9.47 Å². The first-order valence-electron chi connectivity index (χ1n) is 9.38. The third kappa shape index (κ3) is 3.74. The normalized spacial score (nSPS) is 16.1. The minimum absolute atomic E-state index is 0.607. The smallest absolute Gasteiger partial charge is 0.235 e. The number of rotatable bonds is 7. The first-order valence-corrected chi connectivity index (χ1v) is 9.38. The van der Waals surface area contributed by atoms with Gasteiger partial charge < -0.3 is 9.47 Å². The Hall–Kier alpha value is -2.66. The number of hydrogen-bond donors (Lipinski definition) is 0. The fraction of sp³-hybridized carbons (Fsp3) is 0.364. The van der Waals surface area contributed by atoms with Crippen molar-refractivity contribution in [1.82, 2.24) is 14.9 Å². The zero-order chi connectivity index (χ0) is 18.6. The average Bonchev–Trinajstić information content (AvgIpc) is 3.34. The van der Waals surface area contributed by atoms with Crippen LogP contribution in [0.4, 0.5) is 0 Å². The van der Waals surface area contributed by atoms with E-state index in [0.29, 0.717) is 5.88 Å². The van der Waals surface area contributed by atoms with E-state index >= 15 is 0 Å². The number of fused-ring (bicyclic) bond motifs is 1. The van der Waals surface area contributed by atoms with Gasteiger partial charge in [0.1, 0.15) is 11.4 Å². The molecule has 1 aliphatic carbocycles. The van der Waals surface area contributed by atoms with Crippen molar-refractivity contribution in [2.75, 3.05) is 33.9 Å². The quantitative estimate of drug-likeness (QED) is 0.707. The Kier molecular flexibility index (Phi) is 5.21. The summed E-state index contributed by atoms with van der Waals surface area (Å²) in [5.74, 6) is 1.52. The molecule has 2 aliphatic rings. The third-order valence-electron chi connectivity index (χ3n) is 5.37. The van der Waals surface area contributed by atoms with Crippen LogP contribution in [0.1, 0.15) is 23.2 Å². The second kappa shape index (κ2) is 7.92. The summed E-state index contributed by atoms with van der Waals surface area (Å²) in [5.41, 5.74) is 6.37. The number of hydrogen-bond acceptors (Lipinski definition) is 5. The van der Waals surface area contributed by atoms with E-state index in [1.54, 1.807) is 26.6 Å². The maximum absolute atomic E-state index is 5.43. The monoisotopic (exact) mass is 363 g/mol. The highest BCUT2D eigenvalue weighted by atomic mass is 16.5. The predicted octanol–water partition coefficient (Wildman–Crippen LogP) is 3.31. The van der Waals surface area contributed by atoms with Crippen molar-refractivity contribution in [3.8, 4) is 11.6 Å². The molecular weight excluding hydrogens is 338 g/mol. The second-order valence-electron chi connectivity index (χ2n) is 6.95. The standard InChI is InChI=1S/C22H25N3O2/c1-26-18-5-6-19-17(14-18)13-16(7-12-25-10-3-4-11-25)20(19)15-21-22(27-2)24-9-8-23-21/h3-6,8-9,14H,7,10-13,15H2,1-2H3. The Morgan fingerprint density at radius 1 is 1.04 bits per heavy atom. The number of allylic oxidation sites excluding steroid dienone is 1. The van der Waals surface area contributed by atoms with Gasteiger partial charge in [0.05, 0.1) is 14.2 Å². The van der Waals surface area contributed by atoms with Crippen molar-refractivity contribution in [2.24, 2.45) is 0 Å². The summed E-state index contributed by atoms with van der Waals surface area (Å²) in [4.78, 5) is 11.3. The molecule has 0 unspecified atom stereocenters. The topological polar surface area (TPSA) is 47.5 Å². The Morgan fingerprint density at radius 3 is 2.63 bits per heavy atom. The molecule has 140 valence electrons. The molecule has 2 heterocycles. The molecule has 1 aromatic carbocycles. The zero-order valence-corrected chi connectivity index (χ0v) is 15.9. The molecule has 5 heteroatoms. The van der Waals surface area contributed by atoms with E-state index in [1.165, 1.54) is 22.3 Å². The maximum Gasteiger partial charge on any atom is 0.235 e. The van der Waals surface area contributed by atoms with Gasteiger partial charge in [0.15, 0.2) is 0 Å². The summed E-state index contributed by atoms with van der Waals surface area (Å²) in [6.45, 7) is 3.19. The van der Waals surface area contributed by atoms with Crippen molar-refractivity contribution in [3.63, 3.8) is 0 Å². The fourth-order valence-corrected chi connectivity index (χ4v) is 3.93. The van der Waals surface area contributed by atoms with E-state index in [2.05, 4.69) is 39.2 Å². The molecule has 0 amide bonds. The lowest BCUT2D eigenvalue weighted by atomic mass is 9.99. The van der Waals surface area contributed by atoms with Crippen molar-refractivity contribution in [2.45, 2.75) is 19.3 Å². The first kappa shape index (κ1) is 17.7. The number of nitrogens with zero attached hydrogens (tertiary/aromatic N) is 3. The van der Waals surface area contributed by atoms with Crippen molar-refractivity contribution in [3.05, 3.63) is 65.1 Å². The molecular formula is C22H25N3O2. The van der Waals surface area contributed by atoms with Gasteiger partial charge in [-0.15, -0.1) is 0 Å². The lowest BCUT2D eigenvalue weighted by Crippen LogP contribution is -2.21. The van der Waals surface area contributed by atoms with E-state index in [0.717, 1.165) is 50.3 Å². The number of ether oxygens (including phenoxy) is 2. The fourth-order valence-electron chi connectivity index (χ4n) is 3.93. The summed E-state index contributed by atoms with van der Waals surface area (Å²) >= 11 is 0. The second-order valence-corrected chi connectivity index (χ2v) is 6.95. The van der Waals surface area contributed by atoms with Gasteiger partial charge in [-0.25, -0.2) is 4.98 Å².